The van der Waals surface area contributed by atoms with Crippen LogP contribution in [0.3, 0.4) is 0 Å². The van der Waals surface area contributed by atoms with Crippen LogP contribution in [0.1, 0.15) is 10.5 Å². The van der Waals surface area contributed by atoms with Gasteiger partial charge in [0.15, 0.2) is 0 Å². The number of hydrogen-bond donors (Lipinski definition) is 2. The molecule has 10 heavy (non-hydrogen) atoms. The van der Waals surface area contributed by atoms with Crippen LogP contribution in [-0.2, 0) is 0 Å². The third-order valence-electron chi connectivity index (χ3n) is 0.917. The van der Waals surface area contributed by atoms with Crippen LogP contribution in [0.4, 0.5) is 0 Å². The van der Waals surface area contributed by atoms with Crippen LogP contribution in [0.5, 0.6) is 0 Å². The molecule has 0 aromatic carbocycles. The SMILES string of the molecule is N.NC(=O)c1ccccn1. The van der Waals surface area contributed by atoms with Gasteiger partial charge in [0.1, 0.15) is 5.69 Å². The zero-order valence-electron chi connectivity index (χ0n) is 5.45. The summed E-state index contributed by atoms with van der Waals surface area (Å²) in [5.41, 5.74) is 5.22. The van der Waals surface area contributed by atoms with Gasteiger partial charge >= 0.3 is 0 Å². The average molecular weight is 139 g/mol. The van der Waals surface area contributed by atoms with Crippen molar-refractivity contribution < 1.29 is 4.79 Å². The molecule has 0 spiro atoms. The Balaban J connectivity index is 0.000000810. The first kappa shape index (κ1) is 8.58. The van der Waals surface area contributed by atoms with Gasteiger partial charge in [0.05, 0.1) is 0 Å². The molecule has 1 aromatic rings. The molecule has 5 N–H and O–H groups in total. The van der Waals surface area contributed by atoms with Crippen molar-refractivity contribution in [2.24, 2.45) is 5.73 Å². The second kappa shape index (κ2) is 3.58. The van der Waals surface area contributed by atoms with Gasteiger partial charge in [0.25, 0.3) is 5.91 Å². The van der Waals surface area contributed by atoms with E-state index in [1.165, 1.54) is 6.20 Å². The van der Waals surface area contributed by atoms with E-state index < -0.39 is 5.91 Å². The van der Waals surface area contributed by atoms with Crippen molar-refractivity contribution in [1.29, 1.82) is 0 Å². The fraction of sp³-hybridized carbons (Fsp3) is 0. The Bertz CT molecular complexity index is 209. The van der Waals surface area contributed by atoms with Crippen LogP contribution in [0.25, 0.3) is 0 Å². The summed E-state index contributed by atoms with van der Waals surface area (Å²) < 4.78 is 0. The summed E-state index contributed by atoms with van der Waals surface area (Å²) >= 11 is 0. The Morgan fingerprint density at radius 1 is 1.50 bits per heavy atom. The lowest BCUT2D eigenvalue weighted by atomic mass is 10.3. The number of aromatic nitrogens is 1. The van der Waals surface area contributed by atoms with Crippen molar-refractivity contribution in [3.8, 4) is 0 Å². The Morgan fingerprint density at radius 2 is 2.20 bits per heavy atom. The van der Waals surface area contributed by atoms with Gasteiger partial charge in [-0.25, -0.2) is 0 Å². The molecule has 0 fully saturated rings. The van der Waals surface area contributed by atoms with Crippen molar-refractivity contribution in [2.45, 2.75) is 0 Å². The van der Waals surface area contributed by atoms with E-state index in [0.717, 1.165) is 0 Å². The molecular weight excluding hydrogens is 130 g/mol. The van der Waals surface area contributed by atoms with E-state index in [9.17, 15) is 4.79 Å². The van der Waals surface area contributed by atoms with Crippen LogP contribution in [0, 0.1) is 0 Å². The van der Waals surface area contributed by atoms with Crippen molar-refractivity contribution >= 4 is 5.91 Å². The van der Waals surface area contributed by atoms with Crippen LogP contribution in [0.15, 0.2) is 24.4 Å². The summed E-state index contributed by atoms with van der Waals surface area (Å²) in [6.45, 7) is 0. The molecule has 1 aromatic heterocycles. The van der Waals surface area contributed by atoms with Gasteiger partial charge in [-0.3, -0.25) is 9.78 Å². The molecule has 54 valence electrons. The maximum atomic E-state index is 10.4. The molecule has 1 rings (SSSR count). The van der Waals surface area contributed by atoms with Gasteiger partial charge in [-0.1, -0.05) is 6.07 Å². The Labute approximate surface area is 58.7 Å². The number of pyridine rings is 1. The lowest BCUT2D eigenvalue weighted by Gasteiger charge is -1.88. The highest BCUT2D eigenvalue weighted by Crippen LogP contribution is 1.88. The molecule has 0 saturated heterocycles. The topological polar surface area (TPSA) is 91.0 Å². The largest absolute Gasteiger partial charge is 0.364 e. The molecule has 4 heteroatoms. The molecule has 0 bridgehead atoms. The first-order valence-corrected chi connectivity index (χ1v) is 2.51. The van der Waals surface area contributed by atoms with Crippen molar-refractivity contribution in [2.75, 3.05) is 0 Å². The van der Waals surface area contributed by atoms with E-state index in [1.54, 1.807) is 18.2 Å². The number of carbonyl (C=O) groups is 1. The molecular formula is C6H9N3O. The first-order valence-electron chi connectivity index (χ1n) is 2.51. The minimum Gasteiger partial charge on any atom is -0.364 e. The Morgan fingerprint density at radius 3 is 2.50 bits per heavy atom. The van der Waals surface area contributed by atoms with Gasteiger partial charge in [0.2, 0.25) is 0 Å². The zero-order chi connectivity index (χ0) is 6.69. The second-order valence-corrected chi connectivity index (χ2v) is 1.58. The molecule has 0 radical (unpaired) electrons. The third kappa shape index (κ3) is 1.83. The average Bonchev–Trinajstić information content (AvgIpc) is 1.90. The van der Waals surface area contributed by atoms with Crippen LogP contribution in [0.2, 0.25) is 0 Å². The highest BCUT2D eigenvalue weighted by atomic mass is 16.1. The van der Waals surface area contributed by atoms with E-state index in [4.69, 9.17) is 5.73 Å². The molecule has 0 atom stereocenters. The summed E-state index contributed by atoms with van der Waals surface area (Å²) in [4.78, 5) is 14.1. The van der Waals surface area contributed by atoms with Crippen molar-refractivity contribution in [1.82, 2.24) is 11.1 Å². The maximum Gasteiger partial charge on any atom is 0.267 e. The predicted molar refractivity (Wildman–Crippen MR) is 37.8 cm³/mol. The smallest absolute Gasteiger partial charge is 0.267 e. The molecule has 4 nitrogen and oxygen atoms in total. The van der Waals surface area contributed by atoms with Gasteiger partial charge in [0, 0.05) is 6.20 Å². The van der Waals surface area contributed by atoms with E-state index in [2.05, 4.69) is 4.98 Å². The zero-order valence-corrected chi connectivity index (χ0v) is 5.45. The van der Waals surface area contributed by atoms with Crippen LogP contribution >= 0.6 is 0 Å². The molecule has 0 aliphatic carbocycles. The summed E-state index contributed by atoms with van der Waals surface area (Å²) in [7, 11) is 0. The fourth-order valence-electron chi connectivity index (χ4n) is 0.509. The summed E-state index contributed by atoms with van der Waals surface area (Å²) in [5, 5.41) is 0. The number of rotatable bonds is 1. The molecule has 0 saturated carbocycles. The van der Waals surface area contributed by atoms with Gasteiger partial charge in [-0.15, -0.1) is 0 Å². The minimum atomic E-state index is -0.490. The molecule has 0 aliphatic heterocycles. The maximum absolute atomic E-state index is 10.4. The first-order chi connectivity index (χ1) is 4.30. The summed E-state index contributed by atoms with van der Waals surface area (Å²) in [6.07, 6.45) is 1.53. The normalized spacial score (nSPS) is 8.00. The van der Waals surface area contributed by atoms with E-state index in [0.29, 0.717) is 5.69 Å². The van der Waals surface area contributed by atoms with Crippen LogP contribution in [-0.4, -0.2) is 10.9 Å². The Hall–Kier alpha value is -1.42. The van der Waals surface area contributed by atoms with Crippen molar-refractivity contribution in [3.05, 3.63) is 30.1 Å². The molecule has 0 aliphatic rings. The second-order valence-electron chi connectivity index (χ2n) is 1.58. The number of nitrogens with two attached hydrogens (primary N) is 1. The molecule has 1 amide bonds. The number of amides is 1. The van der Waals surface area contributed by atoms with Gasteiger partial charge < -0.3 is 11.9 Å². The van der Waals surface area contributed by atoms with Gasteiger partial charge in [-0.05, 0) is 12.1 Å². The highest BCUT2D eigenvalue weighted by molar-refractivity contribution is 5.90. The minimum absolute atomic E-state index is 0. The van der Waals surface area contributed by atoms with Crippen molar-refractivity contribution in [3.63, 3.8) is 0 Å². The van der Waals surface area contributed by atoms with E-state index >= 15 is 0 Å². The Kier molecular flexibility index (Phi) is 3.07. The number of nitrogens with zero attached hydrogens (tertiary/aromatic N) is 1. The van der Waals surface area contributed by atoms with Crippen LogP contribution < -0.4 is 11.9 Å². The monoisotopic (exact) mass is 139 g/mol. The quantitative estimate of drug-likeness (QED) is 0.587. The lowest BCUT2D eigenvalue weighted by molar-refractivity contribution is 0.0995. The third-order valence-corrected chi connectivity index (χ3v) is 0.917. The lowest BCUT2D eigenvalue weighted by Crippen LogP contribution is -2.12. The number of carbonyl (C=O) groups excluding carboxylic acids is 1. The number of hydrogen-bond acceptors (Lipinski definition) is 3. The number of primary amides is 1. The molecule has 0 unspecified atom stereocenters. The summed E-state index contributed by atoms with van der Waals surface area (Å²) in [6, 6.07) is 5.02. The molecule has 1 heterocycles. The van der Waals surface area contributed by atoms with E-state index in [-0.39, 0.29) is 6.15 Å². The summed E-state index contributed by atoms with van der Waals surface area (Å²) in [5.74, 6) is -0.490. The predicted octanol–water partition coefficient (Wildman–Crippen LogP) is 0.342. The van der Waals surface area contributed by atoms with E-state index in [1.807, 2.05) is 0 Å². The van der Waals surface area contributed by atoms with Gasteiger partial charge in [-0.2, -0.15) is 0 Å². The fourth-order valence-corrected chi connectivity index (χ4v) is 0.509. The standard InChI is InChI=1S/C6H6N2O.H3N/c7-6(9)5-3-1-2-4-8-5;/h1-4H,(H2,7,9);1H3. The highest BCUT2D eigenvalue weighted by Gasteiger charge is 1.95.